The topological polar surface area (TPSA) is 52.6 Å². The number of nitrogens with one attached hydrogen (secondary N) is 1. The molecule has 0 bridgehead atoms. The first-order chi connectivity index (χ1) is 11.7. The van der Waals surface area contributed by atoms with Gasteiger partial charge in [0.25, 0.3) is 0 Å². The van der Waals surface area contributed by atoms with Crippen LogP contribution in [0.25, 0.3) is 10.8 Å². The van der Waals surface area contributed by atoms with Gasteiger partial charge in [0.1, 0.15) is 0 Å². The molecular formula is C21H28N2O2. The molecule has 3 rings (SSSR count). The smallest absolute Gasteiger partial charge is 0.318 e. The summed E-state index contributed by atoms with van der Waals surface area (Å²) in [6.45, 7) is 9.00. The van der Waals surface area contributed by atoms with Gasteiger partial charge in [0.05, 0.1) is 11.1 Å². The van der Waals surface area contributed by atoms with Crippen LogP contribution in [0.1, 0.15) is 39.7 Å². The Morgan fingerprint density at radius 2 is 1.80 bits per heavy atom. The highest BCUT2D eigenvalue weighted by molar-refractivity contribution is 5.87. The molecule has 0 spiro atoms. The highest BCUT2D eigenvalue weighted by Gasteiger charge is 2.37. The largest absolute Gasteiger partial charge is 0.390 e. The first-order valence-corrected chi connectivity index (χ1v) is 8.96. The van der Waals surface area contributed by atoms with Gasteiger partial charge in [-0.05, 0) is 50.5 Å². The number of benzene rings is 2. The summed E-state index contributed by atoms with van der Waals surface area (Å²) in [5.41, 5.74) is -0.123. The number of nitrogens with zero attached hydrogens (tertiary/aromatic N) is 1. The third-order valence-corrected chi connectivity index (χ3v) is 5.36. The minimum absolute atomic E-state index is 0.0651. The summed E-state index contributed by atoms with van der Waals surface area (Å²) >= 11 is 0. The van der Waals surface area contributed by atoms with Crippen molar-refractivity contribution >= 4 is 16.8 Å². The Morgan fingerprint density at radius 1 is 1.12 bits per heavy atom. The predicted molar refractivity (Wildman–Crippen MR) is 101 cm³/mol. The standard InChI is InChI=1S/C21H28N2O2/c1-20(2,18-11-7-9-15-8-5-6-10-17(15)18)22-19(24)23-13-12-16(14-23)21(3,4)25/h5-11,16,25H,12-14H2,1-4H3,(H,22,24)/t16-/m0/s1. The van der Waals surface area contributed by atoms with E-state index >= 15 is 0 Å². The maximum Gasteiger partial charge on any atom is 0.318 e. The molecule has 1 saturated heterocycles. The van der Waals surface area contributed by atoms with E-state index < -0.39 is 11.1 Å². The van der Waals surface area contributed by atoms with Crippen LogP contribution in [0.5, 0.6) is 0 Å². The fourth-order valence-electron chi connectivity index (χ4n) is 3.71. The summed E-state index contributed by atoms with van der Waals surface area (Å²) in [5, 5.41) is 15.7. The third kappa shape index (κ3) is 3.64. The first kappa shape index (κ1) is 17.7. The van der Waals surface area contributed by atoms with E-state index in [1.54, 1.807) is 0 Å². The molecule has 1 atom stereocenters. The Hall–Kier alpha value is -2.07. The lowest BCUT2D eigenvalue weighted by Gasteiger charge is -2.31. The van der Waals surface area contributed by atoms with Crippen molar-refractivity contribution in [1.29, 1.82) is 0 Å². The van der Waals surface area contributed by atoms with E-state index in [4.69, 9.17) is 0 Å². The van der Waals surface area contributed by atoms with Crippen LogP contribution >= 0.6 is 0 Å². The zero-order chi connectivity index (χ0) is 18.2. The summed E-state index contributed by atoms with van der Waals surface area (Å²) in [6, 6.07) is 14.4. The number of aliphatic hydroxyl groups is 1. The molecular weight excluding hydrogens is 312 g/mol. The van der Waals surface area contributed by atoms with Crippen LogP contribution in [0, 0.1) is 5.92 Å². The molecule has 1 aliphatic heterocycles. The van der Waals surface area contributed by atoms with E-state index in [-0.39, 0.29) is 11.9 Å². The predicted octanol–water partition coefficient (Wildman–Crippen LogP) is 3.88. The minimum atomic E-state index is -0.750. The normalized spacial score (nSPS) is 18.6. The number of rotatable bonds is 3. The van der Waals surface area contributed by atoms with Gasteiger partial charge in [0.2, 0.25) is 0 Å². The summed E-state index contributed by atoms with van der Waals surface area (Å²) in [5.74, 6) is 0.124. The minimum Gasteiger partial charge on any atom is -0.390 e. The molecule has 0 unspecified atom stereocenters. The van der Waals surface area contributed by atoms with Crippen molar-refractivity contribution in [3.63, 3.8) is 0 Å². The van der Waals surface area contributed by atoms with E-state index in [2.05, 4.69) is 29.6 Å². The van der Waals surface area contributed by atoms with Crippen molar-refractivity contribution in [2.24, 2.45) is 5.92 Å². The Balaban J connectivity index is 1.78. The van der Waals surface area contributed by atoms with Gasteiger partial charge in [-0.3, -0.25) is 0 Å². The maximum absolute atomic E-state index is 12.8. The number of urea groups is 1. The molecule has 134 valence electrons. The summed E-state index contributed by atoms with van der Waals surface area (Å²) in [7, 11) is 0. The van der Waals surface area contributed by atoms with Gasteiger partial charge >= 0.3 is 6.03 Å². The van der Waals surface area contributed by atoms with Crippen LogP contribution in [-0.4, -0.2) is 34.7 Å². The van der Waals surface area contributed by atoms with Crippen LogP contribution in [0.4, 0.5) is 4.79 Å². The van der Waals surface area contributed by atoms with E-state index in [0.29, 0.717) is 13.1 Å². The van der Waals surface area contributed by atoms with Crippen molar-refractivity contribution in [3.8, 4) is 0 Å². The number of fused-ring (bicyclic) bond motifs is 1. The number of carbonyl (C=O) groups is 1. The molecule has 2 amide bonds. The summed E-state index contributed by atoms with van der Waals surface area (Å²) in [4.78, 5) is 14.6. The van der Waals surface area contributed by atoms with Crippen LogP contribution in [-0.2, 0) is 5.54 Å². The monoisotopic (exact) mass is 340 g/mol. The summed E-state index contributed by atoms with van der Waals surface area (Å²) in [6.07, 6.45) is 0.839. The van der Waals surface area contributed by atoms with Crippen molar-refractivity contribution in [2.75, 3.05) is 13.1 Å². The molecule has 1 aliphatic rings. The van der Waals surface area contributed by atoms with Gasteiger partial charge in [0.15, 0.2) is 0 Å². The molecule has 0 aromatic heterocycles. The zero-order valence-electron chi connectivity index (χ0n) is 15.5. The molecule has 0 saturated carbocycles. The number of likely N-dealkylation sites (tertiary alicyclic amines) is 1. The fourth-order valence-corrected chi connectivity index (χ4v) is 3.71. The van der Waals surface area contributed by atoms with Gasteiger partial charge in [-0.1, -0.05) is 42.5 Å². The van der Waals surface area contributed by atoms with Crippen LogP contribution in [0.3, 0.4) is 0 Å². The second-order valence-corrected chi connectivity index (χ2v) is 8.17. The molecule has 4 nitrogen and oxygen atoms in total. The highest BCUT2D eigenvalue weighted by Crippen LogP contribution is 2.30. The maximum atomic E-state index is 12.8. The zero-order valence-corrected chi connectivity index (χ0v) is 15.5. The van der Waals surface area contributed by atoms with Crippen molar-refractivity contribution in [1.82, 2.24) is 10.2 Å². The molecule has 1 heterocycles. The van der Waals surface area contributed by atoms with Crippen LogP contribution in [0.15, 0.2) is 42.5 Å². The lowest BCUT2D eigenvalue weighted by molar-refractivity contribution is 0.0224. The Kier molecular flexibility index (Phi) is 4.50. The Morgan fingerprint density at radius 3 is 2.48 bits per heavy atom. The fraction of sp³-hybridized carbons (Fsp3) is 0.476. The van der Waals surface area contributed by atoms with Crippen molar-refractivity contribution < 1.29 is 9.90 Å². The van der Waals surface area contributed by atoms with Crippen LogP contribution < -0.4 is 5.32 Å². The van der Waals surface area contributed by atoms with E-state index in [1.807, 2.05) is 50.8 Å². The third-order valence-electron chi connectivity index (χ3n) is 5.36. The van der Waals surface area contributed by atoms with Crippen LogP contribution in [0.2, 0.25) is 0 Å². The van der Waals surface area contributed by atoms with Gasteiger partial charge in [-0.15, -0.1) is 0 Å². The molecule has 4 heteroatoms. The van der Waals surface area contributed by atoms with Gasteiger partial charge in [0, 0.05) is 19.0 Å². The van der Waals surface area contributed by atoms with E-state index in [0.717, 1.165) is 17.4 Å². The number of hydrogen-bond donors (Lipinski definition) is 2. The average molecular weight is 340 g/mol. The number of carbonyl (C=O) groups excluding carboxylic acids is 1. The second kappa shape index (κ2) is 6.34. The van der Waals surface area contributed by atoms with Gasteiger partial charge < -0.3 is 15.3 Å². The average Bonchev–Trinajstić information content (AvgIpc) is 3.04. The quantitative estimate of drug-likeness (QED) is 0.891. The molecule has 2 aromatic rings. The molecule has 0 aliphatic carbocycles. The number of hydrogen-bond acceptors (Lipinski definition) is 2. The second-order valence-electron chi connectivity index (χ2n) is 8.17. The molecule has 0 radical (unpaired) electrons. The van der Waals surface area contributed by atoms with Crippen molar-refractivity contribution in [2.45, 2.75) is 45.3 Å². The van der Waals surface area contributed by atoms with E-state index in [9.17, 15) is 9.90 Å². The molecule has 1 fully saturated rings. The molecule has 2 aromatic carbocycles. The Labute approximate surface area is 149 Å². The lowest BCUT2D eigenvalue weighted by Crippen LogP contribution is -2.48. The van der Waals surface area contributed by atoms with Gasteiger partial charge in [-0.25, -0.2) is 4.79 Å². The SMILES string of the molecule is CC(C)(NC(=O)N1CC[C@H](C(C)(C)O)C1)c1cccc2ccccc12. The molecule has 25 heavy (non-hydrogen) atoms. The molecule has 2 N–H and O–H groups in total. The first-order valence-electron chi connectivity index (χ1n) is 8.96. The highest BCUT2D eigenvalue weighted by atomic mass is 16.3. The van der Waals surface area contributed by atoms with Crippen molar-refractivity contribution in [3.05, 3.63) is 48.0 Å². The Bertz CT molecular complexity index is 772. The van der Waals surface area contributed by atoms with E-state index in [1.165, 1.54) is 5.39 Å². The van der Waals surface area contributed by atoms with Gasteiger partial charge in [-0.2, -0.15) is 0 Å². The summed E-state index contributed by atoms with van der Waals surface area (Å²) < 4.78 is 0. The number of amides is 2. The lowest BCUT2D eigenvalue weighted by atomic mass is 9.89.